The lowest BCUT2D eigenvalue weighted by atomic mass is 10.0. The molecule has 0 fully saturated rings. The number of aliphatic hydroxyl groups excluding tert-OH is 2. The van der Waals surface area contributed by atoms with E-state index in [9.17, 15) is 19.8 Å². The first-order valence-corrected chi connectivity index (χ1v) is 30.9. The van der Waals surface area contributed by atoms with Crippen LogP contribution in [-0.2, 0) is 14.3 Å². The second-order valence-electron chi connectivity index (χ2n) is 21.4. The van der Waals surface area contributed by atoms with Gasteiger partial charge in [0.25, 0.3) is 0 Å². The number of unbranched alkanes of at least 4 members (excludes halogenated alkanes) is 45. The van der Waals surface area contributed by atoms with Gasteiger partial charge in [0.1, 0.15) is 0 Å². The van der Waals surface area contributed by atoms with E-state index in [4.69, 9.17) is 4.74 Å². The lowest BCUT2D eigenvalue weighted by Crippen LogP contribution is -2.45. The average Bonchev–Trinajstić information content (AvgIpc) is 3.34. The zero-order valence-electron chi connectivity index (χ0n) is 46.1. The summed E-state index contributed by atoms with van der Waals surface area (Å²) in [7, 11) is 0. The standard InChI is InChI=1S/C62H121NO5/c1-3-5-7-9-11-13-15-17-18-19-20-21-22-23-25-28-31-34-38-42-46-50-54-60(65)59(58-64)63-61(66)55-51-47-43-39-35-32-29-26-24-27-30-33-37-41-45-49-53-57-68-62(67)56-52-48-44-40-36-16-14-12-10-8-6-4-2/h12,14,59-60,64-65H,3-11,13,15-58H2,1-2H3,(H,63,66)/b14-12-. The van der Waals surface area contributed by atoms with Crippen LogP contribution in [0.1, 0.15) is 348 Å². The highest BCUT2D eigenvalue weighted by Crippen LogP contribution is 2.18. The van der Waals surface area contributed by atoms with Crippen molar-refractivity contribution in [1.29, 1.82) is 0 Å². The number of rotatable bonds is 58. The van der Waals surface area contributed by atoms with Crippen LogP contribution in [0.4, 0.5) is 0 Å². The van der Waals surface area contributed by atoms with Crippen molar-refractivity contribution in [3.8, 4) is 0 Å². The Bertz CT molecular complexity index is 1020. The van der Waals surface area contributed by atoms with Crippen molar-refractivity contribution in [3.63, 3.8) is 0 Å². The third-order valence-electron chi connectivity index (χ3n) is 14.6. The van der Waals surface area contributed by atoms with E-state index in [1.54, 1.807) is 0 Å². The Morgan fingerprint density at radius 3 is 1.07 bits per heavy atom. The van der Waals surface area contributed by atoms with Crippen molar-refractivity contribution in [2.45, 2.75) is 360 Å². The molecule has 3 N–H and O–H groups in total. The smallest absolute Gasteiger partial charge is 0.305 e. The van der Waals surface area contributed by atoms with Crippen molar-refractivity contribution in [1.82, 2.24) is 5.32 Å². The maximum Gasteiger partial charge on any atom is 0.305 e. The minimum atomic E-state index is -0.668. The van der Waals surface area contributed by atoms with Crippen molar-refractivity contribution in [3.05, 3.63) is 12.2 Å². The lowest BCUT2D eigenvalue weighted by molar-refractivity contribution is -0.143. The molecule has 6 nitrogen and oxygen atoms in total. The number of carbonyl (C=O) groups is 2. The summed E-state index contributed by atoms with van der Waals surface area (Å²) < 4.78 is 5.46. The molecule has 0 aromatic heterocycles. The van der Waals surface area contributed by atoms with Crippen LogP contribution in [0.3, 0.4) is 0 Å². The Morgan fingerprint density at radius 1 is 0.397 bits per heavy atom. The van der Waals surface area contributed by atoms with Gasteiger partial charge in [0.15, 0.2) is 0 Å². The molecule has 0 spiro atoms. The number of hydrogen-bond donors (Lipinski definition) is 3. The Kier molecular flexibility index (Phi) is 57.0. The van der Waals surface area contributed by atoms with Gasteiger partial charge in [-0.1, -0.05) is 296 Å². The van der Waals surface area contributed by atoms with Crippen LogP contribution in [0, 0.1) is 0 Å². The summed E-state index contributed by atoms with van der Waals surface area (Å²) in [4.78, 5) is 24.5. The summed E-state index contributed by atoms with van der Waals surface area (Å²) in [5, 5.41) is 23.4. The maximum atomic E-state index is 12.5. The maximum absolute atomic E-state index is 12.5. The Morgan fingerprint density at radius 2 is 0.691 bits per heavy atom. The highest BCUT2D eigenvalue weighted by atomic mass is 16.5. The van der Waals surface area contributed by atoms with Crippen molar-refractivity contribution in [2.24, 2.45) is 0 Å². The molecule has 6 heteroatoms. The summed E-state index contributed by atoms with van der Waals surface area (Å²) in [6.07, 6.45) is 69.3. The number of nitrogens with one attached hydrogen (secondary N) is 1. The molecule has 2 unspecified atom stereocenters. The number of amides is 1. The molecular formula is C62H121NO5. The van der Waals surface area contributed by atoms with E-state index in [0.717, 1.165) is 44.9 Å². The fourth-order valence-corrected chi connectivity index (χ4v) is 9.81. The predicted molar refractivity (Wildman–Crippen MR) is 297 cm³/mol. The van der Waals surface area contributed by atoms with Gasteiger partial charge >= 0.3 is 5.97 Å². The van der Waals surface area contributed by atoms with Gasteiger partial charge in [-0.2, -0.15) is 0 Å². The molecule has 68 heavy (non-hydrogen) atoms. The minimum absolute atomic E-state index is 0.00372. The van der Waals surface area contributed by atoms with E-state index in [0.29, 0.717) is 25.9 Å². The molecule has 0 aromatic carbocycles. The van der Waals surface area contributed by atoms with Crippen molar-refractivity contribution < 1.29 is 24.5 Å². The first-order valence-electron chi connectivity index (χ1n) is 30.9. The Hall–Kier alpha value is -1.40. The summed E-state index contributed by atoms with van der Waals surface area (Å²) in [5.41, 5.74) is 0. The summed E-state index contributed by atoms with van der Waals surface area (Å²) >= 11 is 0. The molecule has 0 aliphatic heterocycles. The molecule has 404 valence electrons. The zero-order valence-corrected chi connectivity index (χ0v) is 46.1. The molecule has 0 aliphatic carbocycles. The van der Waals surface area contributed by atoms with Gasteiger partial charge in [0.2, 0.25) is 5.91 Å². The van der Waals surface area contributed by atoms with Crippen LogP contribution >= 0.6 is 0 Å². The van der Waals surface area contributed by atoms with E-state index in [1.165, 1.54) is 270 Å². The highest BCUT2D eigenvalue weighted by Gasteiger charge is 2.20. The first kappa shape index (κ1) is 66.6. The number of ether oxygens (including phenoxy) is 1. The van der Waals surface area contributed by atoms with Crippen LogP contribution in [0.5, 0.6) is 0 Å². The van der Waals surface area contributed by atoms with Gasteiger partial charge in [-0.15, -0.1) is 0 Å². The second kappa shape index (κ2) is 58.2. The third kappa shape index (κ3) is 53.9. The van der Waals surface area contributed by atoms with E-state index < -0.39 is 12.1 Å². The Labute approximate surface area is 425 Å². The summed E-state index contributed by atoms with van der Waals surface area (Å²) in [6.45, 7) is 4.94. The fourth-order valence-electron chi connectivity index (χ4n) is 9.81. The van der Waals surface area contributed by atoms with E-state index in [1.807, 2.05) is 0 Å². The summed E-state index contributed by atoms with van der Waals surface area (Å²) in [6, 6.07) is -0.546. The second-order valence-corrected chi connectivity index (χ2v) is 21.4. The number of hydrogen-bond acceptors (Lipinski definition) is 5. The molecule has 0 rings (SSSR count). The van der Waals surface area contributed by atoms with Crippen molar-refractivity contribution >= 4 is 11.9 Å². The van der Waals surface area contributed by atoms with Gasteiger partial charge in [-0.05, 0) is 51.4 Å². The molecule has 0 saturated carbocycles. The molecule has 0 radical (unpaired) electrons. The number of esters is 1. The SMILES string of the molecule is CCCCC/C=C\CCCCCCCC(=O)OCCCCCCCCCCCCCCCCCCCC(=O)NC(CO)C(O)CCCCCCCCCCCCCCCCCCCCCCCC. The van der Waals surface area contributed by atoms with Crippen LogP contribution < -0.4 is 5.32 Å². The van der Waals surface area contributed by atoms with Gasteiger partial charge in [-0.25, -0.2) is 0 Å². The normalized spacial score (nSPS) is 12.6. The van der Waals surface area contributed by atoms with E-state index in [2.05, 4.69) is 31.3 Å². The van der Waals surface area contributed by atoms with Crippen LogP contribution in [0.15, 0.2) is 12.2 Å². The van der Waals surface area contributed by atoms with Gasteiger partial charge in [-0.3, -0.25) is 9.59 Å². The molecule has 0 heterocycles. The first-order chi connectivity index (χ1) is 33.5. The monoisotopic (exact) mass is 960 g/mol. The van der Waals surface area contributed by atoms with Crippen LogP contribution in [0.25, 0.3) is 0 Å². The van der Waals surface area contributed by atoms with Crippen LogP contribution in [0.2, 0.25) is 0 Å². The van der Waals surface area contributed by atoms with Gasteiger partial charge < -0.3 is 20.3 Å². The quantitative estimate of drug-likeness (QED) is 0.0321. The Balaban J connectivity index is 3.42. The minimum Gasteiger partial charge on any atom is -0.466 e. The number of aliphatic hydroxyl groups is 2. The molecule has 0 bridgehead atoms. The molecule has 0 aromatic rings. The lowest BCUT2D eigenvalue weighted by Gasteiger charge is -2.22. The molecule has 0 aliphatic rings. The highest BCUT2D eigenvalue weighted by molar-refractivity contribution is 5.76. The topological polar surface area (TPSA) is 95.9 Å². The van der Waals surface area contributed by atoms with Crippen molar-refractivity contribution in [2.75, 3.05) is 13.2 Å². The molecule has 2 atom stereocenters. The fraction of sp³-hybridized carbons (Fsp3) is 0.935. The number of allylic oxidation sites excluding steroid dienone is 2. The van der Waals surface area contributed by atoms with Gasteiger partial charge in [0.05, 0.1) is 25.4 Å². The molecule has 0 saturated heterocycles. The molecule has 1 amide bonds. The van der Waals surface area contributed by atoms with Gasteiger partial charge in [0, 0.05) is 12.8 Å². The third-order valence-corrected chi connectivity index (χ3v) is 14.6. The average molecular weight is 961 g/mol. The molecular weight excluding hydrogens is 839 g/mol. The van der Waals surface area contributed by atoms with Crippen LogP contribution in [-0.4, -0.2) is 47.4 Å². The van der Waals surface area contributed by atoms with E-state index in [-0.39, 0.29) is 18.5 Å². The summed E-state index contributed by atoms with van der Waals surface area (Å²) in [5.74, 6) is -0.0402. The zero-order chi connectivity index (χ0) is 49.3. The van der Waals surface area contributed by atoms with E-state index >= 15 is 0 Å². The largest absolute Gasteiger partial charge is 0.466 e. The number of carbonyl (C=O) groups excluding carboxylic acids is 2. The predicted octanol–water partition coefficient (Wildman–Crippen LogP) is 19.2.